The Hall–Kier alpha value is -0.240. The first kappa shape index (κ1) is 15.8. The molecule has 0 saturated heterocycles. The van der Waals surface area contributed by atoms with Gasteiger partial charge >= 0.3 is 0 Å². The molecule has 0 amide bonds. The van der Waals surface area contributed by atoms with E-state index in [9.17, 15) is 10.2 Å². The Morgan fingerprint density at radius 1 is 0.812 bits per heavy atom. The van der Waals surface area contributed by atoms with Crippen molar-refractivity contribution in [1.29, 1.82) is 0 Å². The summed E-state index contributed by atoms with van der Waals surface area (Å²) in [6.07, 6.45) is -1.00. The number of aliphatic hydroxyl groups excluding tert-OH is 4. The molecule has 0 aromatic rings. The van der Waals surface area contributed by atoms with Gasteiger partial charge in [0.05, 0.1) is 39.1 Å². The van der Waals surface area contributed by atoms with Crippen molar-refractivity contribution in [3.8, 4) is 0 Å². The number of ether oxygens (including phenoxy) is 2. The number of aliphatic hydroxyl groups is 4. The van der Waals surface area contributed by atoms with Crippen molar-refractivity contribution in [3.05, 3.63) is 0 Å². The summed E-state index contributed by atoms with van der Waals surface area (Å²) in [5.41, 5.74) is 0. The summed E-state index contributed by atoms with van der Waals surface area (Å²) in [7, 11) is 0. The highest BCUT2D eigenvalue weighted by Crippen LogP contribution is 2.02. The Morgan fingerprint density at radius 3 is 2.12 bits per heavy atom. The van der Waals surface area contributed by atoms with Gasteiger partial charge in [-0.05, 0) is 12.8 Å². The molecule has 0 fully saturated rings. The molecular formula is C10H22O6. The average Bonchev–Trinajstić information content (AvgIpc) is 2.30. The van der Waals surface area contributed by atoms with Crippen molar-refractivity contribution >= 4 is 0 Å². The van der Waals surface area contributed by atoms with Crippen LogP contribution in [0.5, 0.6) is 0 Å². The van der Waals surface area contributed by atoms with E-state index < -0.39 is 12.2 Å². The quantitative estimate of drug-likeness (QED) is 0.327. The third kappa shape index (κ3) is 9.02. The fourth-order valence-corrected chi connectivity index (χ4v) is 1.09. The second-order valence-corrected chi connectivity index (χ2v) is 3.41. The predicted molar refractivity (Wildman–Crippen MR) is 57.1 cm³/mol. The fourth-order valence-electron chi connectivity index (χ4n) is 1.09. The largest absolute Gasteiger partial charge is 0.396 e. The van der Waals surface area contributed by atoms with Gasteiger partial charge in [-0.3, -0.25) is 0 Å². The van der Waals surface area contributed by atoms with E-state index in [4.69, 9.17) is 19.7 Å². The molecule has 6 nitrogen and oxygen atoms in total. The highest BCUT2D eigenvalue weighted by molar-refractivity contribution is 4.66. The third-order valence-corrected chi connectivity index (χ3v) is 2.00. The molecule has 98 valence electrons. The van der Waals surface area contributed by atoms with Gasteiger partial charge in [0.25, 0.3) is 0 Å². The monoisotopic (exact) mass is 238 g/mol. The van der Waals surface area contributed by atoms with E-state index in [1.165, 1.54) is 0 Å². The minimum Gasteiger partial charge on any atom is -0.396 e. The molecule has 0 spiro atoms. The van der Waals surface area contributed by atoms with Crippen LogP contribution in [-0.4, -0.2) is 72.3 Å². The number of hydrogen-bond donors (Lipinski definition) is 4. The zero-order chi connectivity index (χ0) is 12.2. The summed E-state index contributed by atoms with van der Waals surface area (Å²) in [6.45, 7) is 0.937. The average molecular weight is 238 g/mol. The number of rotatable bonds is 11. The van der Waals surface area contributed by atoms with Crippen LogP contribution in [0.15, 0.2) is 0 Å². The maximum absolute atomic E-state index is 9.41. The SMILES string of the molecule is OCCCC(O)C(O)COCCOCCO. The zero-order valence-electron chi connectivity index (χ0n) is 9.42. The lowest BCUT2D eigenvalue weighted by atomic mass is 10.1. The molecule has 0 aliphatic rings. The lowest BCUT2D eigenvalue weighted by Crippen LogP contribution is -2.31. The van der Waals surface area contributed by atoms with E-state index in [-0.39, 0.29) is 26.4 Å². The van der Waals surface area contributed by atoms with Gasteiger partial charge in [-0.2, -0.15) is 0 Å². The Kier molecular flexibility index (Phi) is 11.1. The molecule has 2 atom stereocenters. The van der Waals surface area contributed by atoms with Gasteiger partial charge in [0.15, 0.2) is 0 Å². The van der Waals surface area contributed by atoms with Crippen LogP contribution in [0.2, 0.25) is 0 Å². The zero-order valence-corrected chi connectivity index (χ0v) is 9.42. The Morgan fingerprint density at radius 2 is 1.50 bits per heavy atom. The van der Waals surface area contributed by atoms with Crippen LogP contribution in [0.1, 0.15) is 12.8 Å². The van der Waals surface area contributed by atoms with Crippen LogP contribution in [0.3, 0.4) is 0 Å². The molecule has 0 radical (unpaired) electrons. The molecule has 0 bridgehead atoms. The van der Waals surface area contributed by atoms with Crippen molar-refractivity contribution < 1.29 is 29.9 Å². The van der Waals surface area contributed by atoms with Crippen LogP contribution in [0.4, 0.5) is 0 Å². The second kappa shape index (κ2) is 11.3. The van der Waals surface area contributed by atoms with Crippen LogP contribution in [0.25, 0.3) is 0 Å². The Balaban J connectivity index is 3.31. The number of hydrogen-bond acceptors (Lipinski definition) is 6. The highest BCUT2D eigenvalue weighted by atomic mass is 16.5. The van der Waals surface area contributed by atoms with Crippen molar-refractivity contribution in [3.63, 3.8) is 0 Å². The minimum absolute atomic E-state index is 0.000360. The summed E-state index contributed by atoms with van der Waals surface area (Å²) in [5.74, 6) is 0. The molecule has 2 unspecified atom stereocenters. The van der Waals surface area contributed by atoms with Gasteiger partial charge in [-0.1, -0.05) is 0 Å². The molecule has 0 aromatic heterocycles. The van der Waals surface area contributed by atoms with E-state index in [2.05, 4.69) is 0 Å². The highest BCUT2D eigenvalue weighted by Gasteiger charge is 2.15. The summed E-state index contributed by atoms with van der Waals surface area (Å²) in [4.78, 5) is 0. The standard InChI is InChI=1S/C10H22O6/c11-3-1-2-9(13)10(14)8-16-7-6-15-5-4-12/h9-14H,1-8H2. The molecule has 0 rings (SSSR count). The predicted octanol–water partition coefficient (Wildman–Crippen LogP) is -1.49. The lowest BCUT2D eigenvalue weighted by molar-refractivity contribution is -0.0532. The van der Waals surface area contributed by atoms with E-state index in [0.717, 1.165) is 0 Å². The van der Waals surface area contributed by atoms with Gasteiger partial charge in [-0.15, -0.1) is 0 Å². The van der Waals surface area contributed by atoms with Crippen LogP contribution in [0, 0.1) is 0 Å². The van der Waals surface area contributed by atoms with E-state index in [1.54, 1.807) is 0 Å². The smallest absolute Gasteiger partial charge is 0.103 e. The van der Waals surface area contributed by atoms with E-state index in [1.807, 2.05) is 0 Å². The van der Waals surface area contributed by atoms with Crippen molar-refractivity contribution in [2.45, 2.75) is 25.0 Å². The topological polar surface area (TPSA) is 99.4 Å². The molecule has 4 N–H and O–H groups in total. The molecule has 0 aromatic carbocycles. The van der Waals surface area contributed by atoms with E-state index >= 15 is 0 Å². The first-order valence-corrected chi connectivity index (χ1v) is 5.45. The summed E-state index contributed by atoms with van der Waals surface area (Å²) in [5, 5.41) is 35.7. The Labute approximate surface area is 95.4 Å². The van der Waals surface area contributed by atoms with Gasteiger partial charge < -0.3 is 29.9 Å². The molecule has 0 aliphatic heterocycles. The van der Waals surface area contributed by atoms with Crippen LogP contribution >= 0.6 is 0 Å². The molecule has 0 aliphatic carbocycles. The van der Waals surface area contributed by atoms with E-state index in [0.29, 0.717) is 26.1 Å². The maximum Gasteiger partial charge on any atom is 0.103 e. The van der Waals surface area contributed by atoms with Crippen LogP contribution < -0.4 is 0 Å². The van der Waals surface area contributed by atoms with Crippen LogP contribution in [-0.2, 0) is 9.47 Å². The molecule has 16 heavy (non-hydrogen) atoms. The maximum atomic E-state index is 9.41. The van der Waals surface area contributed by atoms with Crippen molar-refractivity contribution in [1.82, 2.24) is 0 Å². The molecular weight excluding hydrogens is 216 g/mol. The first-order chi connectivity index (χ1) is 7.72. The second-order valence-electron chi connectivity index (χ2n) is 3.41. The molecule has 0 saturated carbocycles. The van der Waals surface area contributed by atoms with Gasteiger partial charge in [-0.25, -0.2) is 0 Å². The third-order valence-electron chi connectivity index (χ3n) is 2.00. The summed E-state index contributed by atoms with van der Waals surface area (Å²) < 4.78 is 10.0. The normalized spacial score (nSPS) is 15.0. The lowest BCUT2D eigenvalue weighted by Gasteiger charge is -2.17. The fraction of sp³-hybridized carbons (Fsp3) is 1.00. The summed E-state index contributed by atoms with van der Waals surface area (Å²) in [6, 6.07) is 0. The van der Waals surface area contributed by atoms with Crippen molar-refractivity contribution in [2.75, 3.05) is 39.6 Å². The first-order valence-electron chi connectivity index (χ1n) is 5.45. The minimum atomic E-state index is -0.940. The summed E-state index contributed by atoms with van der Waals surface area (Å²) >= 11 is 0. The molecule has 6 heteroatoms. The Bertz CT molecular complexity index is 143. The van der Waals surface area contributed by atoms with Gasteiger partial charge in [0.2, 0.25) is 0 Å². The molecule has 0 heterocycles. The van der Waals surface area contributed by atoms with Gasteiger partial charge in [0, 0.05) is 6.61 Å². The van der Waals surface area contributed by atoms with Gasteiger partial charge in [0.1, 0.15) is 6.10 Å². The van der Waals surface area contributed by atoms with Crippen molar-refractivity contribution in [2.24, 2.45) is 0 Å².